The van der Waals surface area contributed by atoms with Crippen molar-refractivity contribution >= 4 is 11.0 Å². The van der Waals surface area contributed by atoms with E-state index in [4.69, 9.17) is 4.42 Å². The highest BCUT2D eigenvalue weighted by molar-refractivity contribution is 5.77. The van der Waals surface area contributed by atoms with Crippen LogP contribution < -0.4 is 10.3 Å². The van der Waals surface area contributed by atoms with Gasteiger partial charge >= 0.3 is 5.76 Å². The molecule has 0 atom stereocenters. The molecule has 0 radical (unpaired) electrons. The summed E-state index contributed by atoms with van der Waals surface area (Å²) in [4.78, 5) is 11.9. The predicted octanol–water partition coefficient (Wildman–Crippen LogP) is 2.93. The fourth-order valence-corrected chi connectivity index (χ4v) is 2.18. The summed E-state index contributed by atoms with van der Waals surface area (Å²) in [5.74, 6) is -7.89. The van der Waals surface area contributed by atoms with Gasteiger partial charge in [0.25, 0.3) is 5.69 Å². The number of hydrogen-bond acceptors (Lipinski definition) is 2. The molecule has 3 nitrogen and oxygen atoms in total. The minimum atomic E-state index is -1.87. The molecule has 0 N–H and O–H groups in total. The van der Waals surface area contributed by atoms with Gasteiger partial charge in [0.15, 0.2) is 17.6 Å². The van der Waals surface area contributed by atoms with Crippen LogP contribution in [-0.2, 0) is 0 Å². The number of aromatic nitrogens is 1. The summed E-state index contributed by atoms with van der Waals surface area (Å²) in [6.07, 6.45) is 1.10. The van der Waals surface area contributed by atoms with Crippen molar-refractivity contribution in [1.82, 2.24) is 0 Å². The number of benzene rings is 2. The molecule has 3 rings (SSSR count). The summed E-state index contributed by atoms with van der Waals surface area (Å²) in [6.45, 7) is 1.69. The zero-order valence-corrected chi connectivity index (χ0v) is 11.2. The van der Waals surface area contributed by atoms with Gasteiger partial charge in [-0.25, -0.2) is 8.78 Å². The van der Waals surface area contributed by atoms with Crippen molar-refractivity contribution < 1.29 is 26.5 Å². The third-order valence-electron chi connectivity index (χ3n) is 3.23. The predicted molar refractivity (Wildman–Crippen MR) is 68.6 cm³/mol. The van der Waals surface area contributed by atoms with E-state index in [1.54, 1.807) is 25.1 Å². The van der Waals surface area contributed by atoms with Crippen molar-refractivity contribution in [3.05, 3.63) is 69.8 Å². The molecule has 0 spiro atoms. The molecule has 22 heavy (non-hydrogen) atoms. The van der Waals surface area contributed by atoms with E-state index in [9.17, 15) is 22.4 Å². The van der Waals surface area contributed by atoms with Crippen LogP contribution in [0.1, 0.15) is 5.56 Å². The van der Waals surface area contributed by atoms with E-state index in [-0.39, 0.29) is 11.6 Å². The van der Waals surface area contributed by atoms with E-state index < -0.39 is 34.7 Å². The Kier molecular flexibility index (Phi) is 3.20. The lowest BCUT2D eigenvalue weighted by Crippen LogP contribution is -2.48. The number of fused-ring (bicyclic) bond motifs is 1. The third-order valence-corrected chi connectivity index (χ3v) is 3.23. The lowest BCUT2D eigenvalue weighted by Gasteiger charge is -2.02. The maximum atomic E-state index is 13.8. The quantitative estimate of drug-likeness (QED) is 0.300. The average Bonchev–Trinajstić information content (AvgIpc) is 2.46. The van der Waals surface area contributed by atoms with Gasteiger partial charge in [-0.15, -0.1) is 0 Å². The molecule has 1 aromatic heterocycles. The Morgan fingerprint density at radius 2 is 1.77 bits per heavy atom. The molecule has 0 saturated carbocycles. The first-order valence-electron chi connectivity index (χ1n) is 6.18. The van der Waals surface area contributed by atoms with Crippen molar-refractivity contribution in [2.75, 3.05) is 0 Å². The van der Waals surface area contributed by atoms with Crippen LogP contribution in [0.25, 0.3) is 16.7 Å². The topological polar surface area (TPSA) is 34.1 Å². The molecule has 112 valence electrons. The van der Waals surface area contributed by atoms with Crippen LogP contribution in [0, 0.1) is 30.2 Å². The van der Waals surface area contributed by atoms with Crippen molar-refractivity contribution in [1.29, 1.82) is 0 Å². The molecule has 0 aliphatic heterocycles. The summed E-state index contributed by atoms with van der Waals surface area (Å²) in [5.41, 5.74) is -0.142. The van der Waals surface area contributed by atoms with Gasteiger partial charge in [-0.1, -0.05) is 16.7 Å². The SMILES string of the molecule is Cc1cccc2c[n+](-c3c(F)cc(F)c(F)c3F)c(=O)oc12. The zero-order valence-electron chi connectivity index (χ0n) is 11.2. The smallest absolute Gasteiger partial charge is 0.371 e. The molecule has 0 amide bonds. The summed E-state index contributed by atoms with van der Waals surface area (Å²) in [7, 11) is 0. The largest absolute Gasteiger partial charge is 0.608 e. The lowest BCUT2D eigenvalue weighted by molar-refractivity contribution is -0.627. The number of rotatable bonds is 1. The second-order valence-corrected chi connectivity index (χ2v) is 4.68. The maximum absolute atomic E-state index is 13.8. The van der Waals surface area contributed by atoms with Crippen LogP contribution >= 0.6 is 0 Å². The normalized spacial score (nSPS) is 11.1. The number of halogens is 4. The van der Waals surface area contributed by atoms with Gasteiger partial charge in [-0.2, -0.15) is 13.6 Å². The molecule has 7 heteroatoms. The van der Waals surface area contributed by atoms with Crippen LogP contribution in [0.4, 0.5) is 17.6 Å². The van der Waals surface area contributed by atoms with Gasteiger partial charge in [0, 0.05) is 6.07 Å². The van der Waals surface area contributed by atoms with Crippen molar-refractivity contribution in [3.63, 3.8) is 0 Å². The van der Waals surface area contributed by atoms with Crippen LogP contribution in [0.2, 0.25) is 0 Å². The van der Waals surface area contributed by atoms with Crippen LogP contribution in [0.3, 0.4) is 0 Å². The minimum Gasteiger partial charge on any atom is -0.371 e. The summed E-state index contributed by atoms with van der Waals surface area (Å²) < 4.78 is 59.4. The monoisotopic (exact) mass is 310 g/mol. The Hall–Kier alpha value is -2.70. The summed E-state index contributed by atoms with van der Waals surface area (Å²) >= 11 is 0. The molecule has 0 bridgehead atoms. The lowest BCUT2D eigenvalue weighted by atomic mass is 10.2. The van der Waals surface area contributed by atoms with Crippen molar-refractivity contribution in [3.8, 4) is 5.69 Å². The zero-order chi connectivity index (χ0) is 16.0. The summed E-state index contributed by atoms with van der Waals surface area (Å²) in [5, 5.41) is 0.378. The van der Waals surface area contributed by atoms with E-state index in [0.717, 1.165) is 6.20 Å². The molecule has 0 saturated heterocycles. The standard InChI is InChI=1S/C15H8F4NO2/c1-7-3-2-4-8-6-20(15(21)22-14(7)8)13-10(17)5-9(16)11(18)12(13)19/h2-6H,1H3/q+1. The van der Waals surface area contributed by atoms with Crippen molar-refractivity contribution in [2.45, 2.75) is 6.92 Å². The highest BCUT2D eigenvalue weighted by Crippen LogP contribution is 2.20. The Bertz CT molecular complexity index is 966. The van der Waals surface area contributed by atoms with E-state index >= 15 is 0 Å². The van der Waals surface area contributed by atoms with Gasteiger partial charge in [-0.3, -0.25) is 0 Å². The van der Waals surface area contributed by atoms with E-state index in [2.05, 4.69) is 0 Å². The van der Waals surface area contributed by atoms with Crippen LogP contribution in [-0.4, -0.2) is 0 Å². The molecule has 3 aromatic rings. The molecule has 0 aliphatic carbocycles. The number of hydrogen-bond donors (Lipinski definition) is 0. The van der Waals surface area contributed by atoms with Gasteiger partial charge in [0.1, 0.15) is 0 Å². The highest BCUT2D eigenvalue weighted by Gasteiger charge is 2.30. The molecule has 0 unspecified atom stereocenters. The van der Waals surface area contributed by atoms with Gasteiger partial charge in [0.05, 0.1) is 5.39 Å². The fourth-order valence-electron chi connectivity index (χ4n) is 2.18. The Labute approximate surface area is 121 Å². The first-order valence-corrected chi connectivity index (χ1v) is 6.18. The van der Waals surface area contributed by atoms with Crippen LogP contribution in [0.5, 0.6) is 0 Å². The van der Waals surface area contributed by atoms with Crippen molar-refractivity contribution in [2.24, 2.45) is 0 Å². The van der Waals surface area contributed by atoms with Gasteiger partial charge < -0.3 is 4.42 Å². The average molecular weight is 310 g/mol. The third kappa shape index (κ3) is 2.05. The Balaban J connectivity index is 2.39. The van der Waals surface area contributed by atoms with Gasteiger partial charge in [-0.05, 0) is 18.6 Å². The van der Waals surface area contributed by atoms with Gasteiger partial charge in [0.2, 0.25) is 17.5 Å². The second-order valence-electron chi connectivity index (χ2n) is 4.68. The Morgan fingerprint density at radius 1 is 1.05 bits per heavy atom. The minimum absolute atomic E-state index is 0.167. The molecule has 0 fully saturated rings. The highest BCUT2D eigenvalue weighted by atomic mass is 19.2. The van der Waals surface area contributed by atoms with Crippen LogP contribution in [0.15, 0.2) is 39.7 Å². The van der Waals surface area contributed by atoms with E-state index in [0.29, 0.717) is 15.5 Å². The molecule has 2 aromatic carbocycles. The number of nitrogens with zero attached hydrogens (tertiary/aromatic N) is 1. The molecule has 0 aliphatic rings. The number of aryl methyl sites for hydroxylation is 1. The Morgan fingerprint density at radius 3 is 2.50 bits per heavy atom. The molecular weight excluding hydrogens is 302 g/mol. The van der Waals surface area contributed by atoms with E-state index in [1.807, 2.05) is 0 Å². The summed E-state index contributed by atoms with van der Waals surface area (Å²) in [6, 6.07) is 5.06. The molecule has 1 heterocycles. The van der Waals surface area contributed by atoms with E-state index in [1.165, 1.54) is 0 Å². The fraction of sp³-hybridized carbons (Fsp3) is 0.0667. The number of para-hydroxylation sites is 1. The first-order chi connectivity index (χ1) is 10.4. The molecular formula is C15H8F4NO2+. The second kappa shape index (κ2) is 4.94. The first kappa shape index (κ1) is 14.2. The maximum Gasteiger partial charge on any atom is 0.608 e.